The molecule has 1 amide bonds. The number of nitrogens with zero attached hydrogens (tertiary/aromatic N) is 3. The average molecular weight is 467 g/mol. The highest BCUT2D eigenvalue weighted by atomic mass is 32.1. The minimum absolute atomic E-state index is 0.129. The van der Waals surface area contributed by atoms with Crippen LogP contribution in [-0.4, -0.2) is 62.7 Å². The zero-order valence-corrected chi connectivity index (χ0v) is 19.9. The normalized spacial score (nSPS) is 14.2. The van der Waals surface area contributed by atoms with Gasteiger partial charge in [0.05, 0.1) is 20.8 Å². The lowest BCUT2D eigenvalue weighted by molar-refractivity contribution is 0.0949. The van der Waals surface area contributed by atoms with Gasteiger partial charge in [0.25, 0.3) is 5.91 Å². The maximum Gasteiger partial charge on any atom is 0.270 e. The summed E-state index contributed by atoms with van der Waals surface area (Å²) in [5.41, 5.74) is 2.76. The first-order valence-electron chi connectivity index (χ1n) is 11.1. The number of para-hydroxylation sites is 1. The van der Waals surface area contributed by atoms with E-state index < -0.39 is 0 Å². The van der Waals surface area contributed by atoms with Crippen LogP contribution in [0.5, 0.6) is 11.5 Å². The van der Waals surface area contributed by atoms with E-state index >= 15 is 0 Å². The molecule has 0 unspecified atom stereocenters. The second kappa shape index (κ2) is 11.2. The second-order valence-corrected chi connectivity index (χ2v) is 8.85. The van der Waals surface area contributed by atoms with Crippen LogP contribution in [0, 0.1) is 0 Å². The van der Waals surface area contributed by atoms with Gasteiger partial charge in [0, 0.05) is 49.9 Å². The van der Waals surface area contributed by atoms with Crippen LogP contribution in [0.1, 0.15) is 21.1 Å². The molecule has 4 rings (SSSR count). The molecule has 0 saturated carbocycles. The van der Waals surface area contributed by atoms with Crippen molar-refractivity contribution < 1.29 is 14.3 Å². The summed E-state index contributed by atoms with van der Waals surface area (Å²) in [4.78, 5) is 21.9. The minimum Gasteiger partial charge on any atom is -0.497 e. The van der Waals surface area contributed by atoms with Gasteiger partial charge in [-0.05, 0) is 30.2 Å². The lowest BCUT2D eigenvalue weighted by Gasteiger charge is -2.35. The van der Waals surface area contributed by atoms with E-state index in [9.17, 15) is 4.79 Å². The molecule has 0 aliphatic carbocycles. The number of piperazine rings is 1. The van der Waals surface area contributed by atoms with E-state index in [2.05, 4.69) is 32.2 Å². The molecule has 0 atom stereocenters. The first-order chi connectivity index (χ1) is 16.2. The summed E-state index contributed by atoms with van der Waals surface area (Å²) in [7, 11) is 3.35. The smallest absolute Gasteiger partial charge is 0.270 e. The number of amides is 1. The van der Waals surface area contributed by atoms with Crippen molar-refractivity contribution in [3.05, 3.63) is 70.2 Å². The van der Waals surface area contributed by atoms with Crippen LogP contribution in [-0.2, 0) is 13.0 Å². The van der Waals surface area contributed by atoms with Crippen LogP contribution in [0.25, 0.3) is 0 Å². The predicted octanol–water partition coefficient (Wildman–Crippen LogP) is 3.46. The van der Waals surface area contributed by atoms with Gasteiger partial charge in [-0.25, -0.2) is 4.98 Å². The van der Waals surface area contributed by atoms with Gasteiger partial charge in [0.1, 0.15) is 22.2 Å². The summed E-state index contributed by atoms with van der Waals surface area (Å²) in [6.45, 7) is 5.13. The van der Waals surface area contributed by atoms with Crippen molar-refractivity contribution in [2.75, 3.05) is 51.8 Å². The Balaban J connectivity index is 1.23. The molecule has 8 heteroatoms. The summed E-state index contributed by atoms with van der Waals surface area (Å²) in [6, 6.07) is 16.1. The number of thiazole rings is 1. The van der Waals surface area contributed by atoms with Crippen molar-refractivity contribution >= 4 is 22.9 Å². The SMILES string of the molecule is COc1cccc(N2CCN(Cc3nc(C(=O)NCCc4ccccc4OC)cs3)CC2)c1. The van der Waals surface area contributed by atoms with Crippen LogP contribution in [0.15, 0.2) is 53.9 Å². The number of ether oxygens (including phenoxy) is 2. The highest BCUT2D eigenvalue weighted by molar-refractivity contribution is 7.09. The Morgan fingerprint density at radius 3 is 2.67 bits per heavy atom. The molecule has 0 spiro atoms. The van der Waals surface area contributed by atoms with Gasteiger partial charge in [-0.2, -0.15) is 0 Å². The number of rotatable bonds is 9. The molecule has 1 aliphatic heterocycles. The average Bonchev–Trinajstić information content (AvgIpc) is 3.33. The van der Waals surface area contributed by atoms with Gasteiger partial charge in [-0.15, -0.1) is 11.3 Å². The van der Waals surface area contributed by atoms with Gasteiger partial charge in [-0.3, -0.25) is 9.69 Å². The minimum atomic E-state index is -0.129. The zero-order valence-electron chi connectivity index (χ0n) is 19.1. The number of hydrogen-bond donors (Lipinski definition) is 1. The molecule has 174 valence electrons. The Kier molecular flexibility index (Phi) is 7.80. The van der Waals surface area contributed by atoms with Crippen molar-refractivity contribution in [2.24, 2.45) is 0 Å². The maximum atomic E-state index is 12.5. The van der Waals surface area contributed by atoms with Crippen LogP contribution < -0.4 is 19.7 Å². The van der Waals surface area contributed by atoms with Gasteiger partial charge < -0.3 is 19.7 Å². The third kappa shape index (κ3) is 6.03. The predicted molar refractivity (Wildman–Crippen MR) is 132 cm³/mol. The highest BCUT2D eigenvalue weighted by Gasteiger charge is 2.19. The number of nitrogens with one attached hydrogen (secondary N) is 1. The maximum absolute atomic E-state index is 12.5. The molecule has 1 N–H and O–H groups in total. The molecule has 1 aliphatic rings. The van der Waals surface area contributed by atoms with Crippen molar-refractivity contribution in [3.8, 4) is 11.5 Å². The number of benzene rings is 2. The van der Waals surface area contributed by atoms with E-state index in [-0.39, 0.29) is 5.91 Å². The topological polar surface area (TPSA) is 66.9 Å². The number of anilines is 1. The first-order valence-corrected chi connectivity index (χ1v) is 12.0. The number of methoxy groups -OCH3 is 2. The molecule has 2 heterocycles. The molecule has 0 radical (unpaired) electrons. The molecule has 1 fully saturated rings. The second-order valence-electron chi connectivity index (χ2n) is 7.91. The van der Waals surface area contributed by atoms with Gasteiger partial charge >= 0.3 is 0 Å². The Morgan fingerprint density at radius 2 is 1.88 bits per heavy atom. The lowest BCUT2D eigenvalue weighted by atomic mass is 10.1. The molecule has 2 aromatic carbocycles. The van der Waals surface area contributed by atoms with Crippen LogP contribution >= 0.6 is 11.3 Å². The molecular formula is C25H30N4O3S. The van der Waals surface area contributed by atoms with Crippen molar-refractivity contribution in [1.29, 1.82) is 0 Å². The molecule has 33 heavy (non-hydrogen) atoms. The number of carbonyl (C=O) groups excluding carboxylic acids is 1. The van der Waals surface area contributed by atoms with Crippen molar-refractivity contribution in [1.82, 2.24) is 15.2 Å². The molecule has 1 saturated heterocycles. The molecular weight excluding hydrogens is 436 g/mol. The van der Waals surface area contributed by atoms with E-state index in [1.54, 1.807) is 25.6 Å². The fourth-order valence-corrected chi connectivity index (χ4v) is 4.78. The fraction of sp³-hybridized carbons (Fsp3) is 0.360. The largest absolute Gasteiger partial charge is 0.497 e. The number of aromatic nitrogens is 1. The van der Waals surface area contributed by atoms with Gasteiger partial charge in [-0.1, -0.05) is 24.3 Å². The summed E-state index contributed by atoms with van der Waals surface area (Å²) in [5.74, 6) is 1.59. The van der Waals surface area contributed by atoms with Gasteiger partial charge in [0.15, 0.2) is 0 Å². The van der Waals surface area contributed by atoms with Crippen LogP contribution in [0.4, 0.5) is 5.69 Å². The molecule has 3 aromatic rings. The third-order valence-corrected chi connectivity index (χ3v) is 6.64. The first kappa shape index (κ1) is 23.1. The van der Waals surface area contributed by atoms with E-state index in [1.807, 2.05) is 41.8 Å². The molecule has 0 bridgehead atoms. The fourth-order valence-electron chi connectivity index (χ4n) is 3.96. The zero-order chi connectivity index (χ0) is 23.0. The molecule has 7 nitrogen and oxygen atoms in total. The van der Waals surface area contributed by atoms with E-state index in [0.717, 1.165) is 54.8 Å². The van der Waals surface area contributed by atoms with E-state index in [0.29, 0.717) is 18.7 Å². The number of carbonyl (C=O) groups is 1. The van der Waals surface area contributed by atoms with E-state index in [4.69, 9.17) is 9.47 Å². The Bertz CT molecular complexity index is 1060. The Morgan fingerprint density at radius 1 is 1.06 bits per heavy atom. The number of hydrogen-bond acceptors (Lipinski definition) is 7. The summed E-state index contributed by atoms with van der Waals surface area (Å²) < 4.78 is 10.7. The van der Waals surface area contributed by atoms with E-state index in [1.165, 1.54) is 5.69 Å². The Labute approximate surface area is 199 Å². The van der Waals surface area contributed by atoms with Crippen LogP contribution in [0.3, 0.4) is 0 Å². The highest BCUT2D eigenvalue weighted by Crippen LogP contribution is 2.23. The lowest BCUT2D eigenvalue weighted by Crippen LogP contribution is -2.45. The quantitative estimate of drug-likeness (QED) is 0.521. The third-order valence-electron chi connectivity index (χ3n) is 5.81. The molecule has 1 aromatic heterocycles. The van der Waals surface area contributed by atoms with Crippen molar-refractivity contribution in [2.45, 2.75) is 13.0 Å². The standard InChI is InChI=1S/C25H30N4O3S/c1-31-21-8-5-7-20(16-21)29-14-12-28(13-15-29)17-24-27-22(18-33-24)25(30)26-11-10-19-6-3-4-9-23(19)32-2/h3-9,16,18H,10-15,17H2,1-2H3,(H,26,30). The summed E-state index contributed by atoms with van der Waals surface area (Å²) >= 11 is 1.55. The summed E-state index contributed by atoms with van der Waals surface area (Å²) in [6.07, 6.45) is 0.713. The van der Waals surface area contributed by atoms with Crippen molar-refractivity contribution in [3.63, 3.8) is 0 Å². The Hall–Kier alpha value is -3.10. The van der Waals surface area contributed by atoms with Gasteiger partial charge in [0.2, 0.25) is 0 Å². The monoisotopic (exact) mass is 466 g/mol. The summed E-state index contributed by atoms with van der Waals surface area (Å²) in [5, 5.41) is 5.79. The van der Waals surface area contributed by atoms with Crippen LogP contribution in [0.2, 0.25) is 0 Å².